The first kappa shape index (κ1) is 10.9. The molecule has 0 aliphatic carbocycles. The van der Waals surface area contributed by atoms with E-state index in [1.54, 1.807) is 0 Å². The molecule has 0 unspecified atom stereocenters. The fourth-order valence-corrected chi connectivity index (χ4v) is 1.78. The summed E-state index contributed by atoms with van der Waals surface area (Å²) >= 11 is 0. The molecule has 2 N–H and O–H groups in total. The molecule has 0 saturated heterocycles. The molecule has 2 heterocycles. The molecule has 5 nitrogen and oxygen atoms in total. The van der Waals surface area contributed by atoms with Crippen LogP contribution in [0.1, 0.15) is 18.2 Å². The zero-order valence-electron chi connectivity index (χ0n) is 9.91. The van der Waals surface area contributed by atoms with Gasteiger partial charge in [-0.1, -0.05) is 6.92 Å². The van der Waals surface area contributed by atoms with E-state index in [2.05, 4.69) is 27.5 Å². The molecule has 0 saturated carbocycles. The number of aromatic amines is 1. The summed E-state index contributed by atoms with van der Waals surface area (Å²) in [6, 6.07) is 0. The number of hydrogen-bond donors (Lipinski definition) is 2. The van der Waals surface area contributed by atoms with Crippen molar-refractivity contribution in [2.75, 3.05) is 6.54 Å². The van der Waals surface area contributed by atoms with Gasteiger partial charge >= 0.3 is 0 Å². The summed E-state index contributed by atoms with van der Waals surface area (Å²) in [6.45, 7) is 5.88. The van der Waals surface area contributed by atoms with Crippen molar-refractivity contribution in [3.05, 3.63) is 23.7 Å². The van der Waals surface area contributed by atoms with Crippen LogP contribution in [0, 0.1) is 6.92 Å². The second-order valence-corrected chi connectivity index (χ2v) is 3.85. The Labute approximate surface area is 94.9 Å². The molecule has 0 spiro atoms. The first-order chi connectivity index (χ1) is 7.72. The predicted molar refractivity (Wildman–Crippen MR) is 62.9 cm³/mol. The van der Waals surface area contributed by atoms with E-state index < -0.39 is 0 Å². The second-order valence-electron chi connectivity index (χ2n) is 3.85. The van der Waals surface area contributed by atoms with Gasteiger partial charge in [-0.2, -0.15) is 10.2 Å². The molecular formula is C11H17N5. The summed E-state index contributed by atoms with van der Waals surface area (Å²) in [5, 5.41) is 14.8. The Bertz CT molecular complexity index is 468. The van der Waals surface area contributed by atoms with Gasteiger partial charge in [-0.05, 0) is 13.5 Å². The van der Waals surface area contributed by atoms with E-state index in [0.717, 1.165) is 30.0 Å². The van der Waals surface area contributed by atoms with E-state index in [9.17, 15) is 0 Å². The van der Waals surface area contributed by atoms with Crippen molar-refractivity contribution in [2.45, 2.75) is 20.4 Å². The number of hydrogen-bond acceptors (Lipinski definition) is 3. The van der Waals surface area contributed by atoms with Crippen molar-refractivity contribution in [3.63, 3.8) is 0 Å². The fraction of sp³-hybridized carbons (Fsp3) is 0.455. The van der Waals surface area contributed by atoms with Crippen LogP contribution in [0.5, 0.6) is 0 Å². The van der Waals surface area contributed by atoms with Gasteiger partial charge in [-0.15, -0.1) is 0 Å². The highest BCUT2D eigenvalue weighted by Gasteiger charge is 2.12. The van der Waals surface area contributed by atoms with E-state index in [-0.39, 0.29) is 0 Å². The maximum Gasteiger partial charge on any atom is 0.0729 e. The number of nitrogens with one attached hydrogen (secondary N) is 2. The van der Waals surface area contributed by atoms with E-state index in [4.69, 9.17) is 0 Å². The number of aryl methyl sites for hydroxylation is 2. The second kappa shape index (κ2) is 4.49. The van der Waals surface area contributed by atoms with Crippen molar-refractivity contribution in [2.24, 2.45) is 7.05 Å². The fourth-order valence-electron chi connectivity index (χ4n) is 1.78. The normalized spacial score (nSPS) is 10.9. The van der Waals surface area contributed by atoms with Crippen LogP contribution in [-0.2, 0) is 13.6 Å². The molecule has 0 amide bonds. The SMILES string of the molecule is CCNCc1cn[nH]c1-c1cn(C)nc1C. The largest absolute Gasteiger partial charge is 0.313 e. The van der Waals surface area contributed by atoms with Gasteiger partial charge in [0.05, 0.1) is 17.6 Å². The van der Waals surface area contributed by atoms with Gasteiger partial charge in [0.15, 0.2) is 0 Å². The first-order valence-corrected chi connectivity index (χ1v) is 5.46. The molecule has 0 aromatic carbocycles. The Morgan fingerprint density at radius 1 is 1.50 bits per heavy atom. The van der Waals surface area contributed by atoms with Crippen LogP contribution in [0.3, 0.4) is 0 Å². The molecule has 0 fully saturated rings. The number of rotatable bonds is 4. The van der Waals surface area contributed by atoms with Crippen molar-refractivity contribution in [1.82, 2.24) is 25.3 Å². The summed E-state index contributed by atoms with van der Waals surface area (Å²) in [6.07, 6.45) is 3.88. The first-order valence-electron chi connectivity index (χ1n) is 5.46. The van der Waals surface area contributed by atoms with Gasteiger partial charge in [0, 0.05) is 30.9 Å². The van der Waals surface area contributed by atoms with Crippen LogP contribution in [0.15, 0.2) is 12.4 Å². The minimum absolute atomic E-state index is 0.830. The smallest absolute Gasteiger partial charge is 0.0729 e. The molecule has 0 radical (unpaired) electrons. The van der Waals surface area contributed by atoms with Gasteiger partial charge in [0.25, 0.3) is 0 Å². The molecule has 0 bridgehead atoms. The number of H-pyrrole nitrogens is 1. The van der Waals surface area contributed by atoms with E-state index in [1.165, 1.54) is 5.56 Å². The summed E-state index contributed by atoms with van der Waals surface area (Å²) < 4.78 is 1.82. The molecular weight excluding hydrogens is 202 g/mol. The van der Waals surface area contributed by atoms with Crippen LogP contribution in [-0.4, -0.2) is 26.5 Å². The van der Waals surface area contributed by atoms with Crippen LogP contribution in [0.4, 0.5) is 0 Å². The molecule has 16 heavy (non-hydrogen) atoms. The Morgan fingerprint density at radius 2 is 2.31 bits per heavy atom. The molecule has 2 rings (SSSR count). The van der Waals surface area contributed by atoms with Crippen molar-refractivity contribution < 1.29 is 0 Å². The monoisotopic (exact) mass is 219 g/mol. The maximum absolute atomic E-state index is 4.34. The molecule has 0 aliphatic heterocycles. The molecule has 0 aliphatic rings. The van der Waals surface area contributed by atoms with Gasteiger partial charge in [0.2, 0.25) is 0 Å². The van der Waals surface area contributed by atoms with Crippen molar-refractivity contribution in [1.29, 1.82) is 0 Å². The average molecular weight is 219 g/mol. The van der Waals surface area contributed by atoms with Gasteiger partial charge in [-0.25, -0.2) is 0 Å². The molecule has 0 atom stereocenters. The Hall–Kier alpha value is -1.62. The highest BCUT2D eigenvalue weighted by Crippen LogP contribution is 2.23. The van der Waals surface area contributed by atoms with E-state index >= 15 is 0 Å². The predicted octanol–water partition coefficient (Wildman–Crippen LogP) is 1.23. The standard InChI is InChI=1S/C11H17N5/c1-4-12-5-9-6-13-14-11(9)10-7-16(3)15-8(10)2/h6-7,12H,4-5H2,1-3H3,(H,13,14). The van der Waals surface area contributed by atoms with Gasteiger partial charge in [0.1, 0.15) is 0 Å². The quantitative estimate of drug-likeness (QED) is 0.813. The van der Waals surface area contributed by atoms with Crippen LogP contribution >= 0.6 is 0 Å². The lowest BCUT2D eigenvalue weighted by Crippen LogP contribution is -2.11. The van der Waals surface area contributed by atoms with Crippen LogP contribution in [0.25, 0.3) is 11.3 Å². The van der Waals surface area contributed by atoms with Gasteiger partial charge in [-0.3, -0.25) is 9.78 Å². The zero-order chi connectivity index (χ0) is 11.5. The number of nitrogens with zero attached hydrogens (tertiary/aromatic N) is 3. The third-order valence-corrected chi connectivity index (χ3v) is 2.57. The third-order valence-electron chi connectivity index (χ3n) is 2.57. The lowest BCUT2D eigenvalue weighted by atomic mass is 10.1. The topological polar surface area (TPSA) is 58.5 Å². The molecule has 2 aromatic heterocycles. The highest BCUT2D eigenvalue weighted by atomic mass is 15.3. The Morgan fingerprint density at radius 3 is 2.94 bits per heavy atom. The third kappa shape index (κ3) is 1.99. The van der Waals surface area contributed by atoms with Crippen LogP contribution in [0.2, 0.25) is 0 Å². The Balaban J connectivity index is 2.33. The lowest BCUT2D eigenvalue weighted by molar-refractivity contribution is 0.728. The average Bonchev–Trinajstić information content (AvgIpc) is 2.81. The maximum atomic E-state index is 4.34. The summed E-state index contributed by atoms with van der Waals surface area (Å²) in [5.74, 6) is 0. The minimum Gasteiger partial charge on any atom is -0.313 e. The summed E-state index contributed by atoms with van der Waals surface area (Å²) in [4.78, 5) is 0. The number of aromatic nitrogens is 4. The zero-order valence-corrected chi connectivity index (χ0v) is 9.91. The highest BCUT2D eigenvalue weighted by molar-refractivity contribution is 5.64. The van der Waals surface area contributed by atoms with Crippen molar-refractivity contribution >= 4 is 0 Å². The van der Waals surface area contributed by atoms with E-state index in [0.29, 0.717) is 0 Å². The molecule has 2 aromatic rings. The Kier molecular flexibility index (Phi) is 3.05. The van der Waals surface area contributed by atoms with E-state index in [1.807, 2.05) is 31.0 Å². The van der Waals surface area contributed by atoms with Crippen molar-refractivity contribution in [3.8, 4) is 11.3 Å². The summed E-state index contributed by atoms with van der Waals surface area (Å²) in [5.41, 5.74) is 4.38. The van der Waals surface area contributed by atoms with Crippen LogP contribution < -0.4 is 5.32 Å². The molecule has 5 heteroatoms. The minimum atomic E-state index is 0.830. The molecule has 86 valence electrons. The van der Waals surface area contributed by atoms with Gasteiger partial charge < -0.3 is 5.32 Å². The lowest BCUT2D eigenvalue weighted by Gasteiger charge is -2.02. The summed E-state index contributed by atoms with van der Waals surface area (Å²) in [7, 11) is 1.93.